The third kappa shape index (κ3) is 5.27. The number of ether oxygens (including phenoxy) is 2. The van der Waals surface area contributed by atoms with Crippen molar-refractivity contribution < 1.29 is 36.7 Å². The van der Waals surface area contributed by atoms with Crippen molar-refractivity contribution in [2.45, 2.75) is 64.7 Å². The third-order valence-electron chi connectivity index (χ3n) is 2.21. The first-order chi connectivity index (χ1) is 9.78. The molecule has 130 valence electrons. The smallest absolute Gasteiger partial charge is 0.438 e. The summed E-state index contributed by atoms with van der Waals surface area (Å²) in [4.78, 5) is 24.1. The molecular formula is C13H23F3O5Si. The van der Waals surface area contributed by atoms with Crippen molar-refractivity contribution in [2.75, 3.05) is 6.61 Å². The first-order valence-corrected chi connectivity index (χ1v) is 10.3. The first kappa shape index (κ1) is 20.9. The maximum atomic E-state index is 13.6. The van der Waals surface area contributed by atoms with E-state index in [9.17, 15) is 22.8 Å². The van der Waals surface area contributed by atoms with Crippen LogP contribution in [0.3, 0.4) is 0 Å². The molecule has 0 bridgehead atoms. The minimum atomic E-state index is -5.29. The van der Waals surface area contributed by atoms with Gasteiger partial charge < -0.3 is 13.9 Å². The Balaban J connectivity index is 5.94. The molecule has 0 saturated carbocycles. The minimum Gasteiger partial charge on any atom is -0.463 e. The lowest BCUT2D eigenvalue weighted by Gasteiger charge is -2.36. The van der Waals surface area contributed by atoms with Crippen LogP contribution >= 0.6 is 0 Å². The predicted octanol–water partition coefficient (Wildman–Crippen LogP) is 3.04. The van der Waals surface area contributed by atoms with Crippen molar-refractivity contribution in [1.29, 1.82) is 0 Å². The van der Waals surface area contributed by atoms with Crippen molar-refractivity contribution in [2.24, 2.45) is 0 Å². The van der Waals surface area contributed by atoms with Gasteiger partial charge in [-0.3, -0.25) is 0 Å². The highest BCUT2D eigenvalue weighted by molar-refractivity contribution is 6.70. The Bertz CT molecular complexity index is 403. The summed E-state index contributed by atoms with van der Waals surface area (Å²) < 4.78 is 54.9. The second-order valence-electron chi connectivity index (χ2n) is 5.98. The van der Waals surface area contributed by atoms with Gasteiger partial charge in [-0.2, -0.15) is 13.2 Å². The molecule has 0 aliphatic rings. The zero-order chi connectivity index (χ0) is 17.8. The predicted molar refractivity (Wildman–Crippen MR) is 75.7 cm³/mol. The Morgan fingerprint density at radius 1 is 1.09 bits per heavy atom. The summed E-state index contributed by atoms with van der Waals surface area (Å²) >= 11 is 0. The van der Waals surface area contributed by atoms with Crippen LogP contribution in [0.25, 0.3) is 0 Å². The Kier molecular flexibility index (Phi) is 7.08. The summed E-state index contributed by atoms with van der Waals surface area (Å²) in [5.41, 5.74) is -3.74. The molecule has 0 N–H and O–H groups in total. The van der Waals surface area contributed by atoms with Gasteiger partial charge in [0.25, 0.3) is 0 Å². The molecule has 1 atom stereocenters. The molecule has 0 saturated heterocycles. The van der Waals surface area contributed by atoms with E-state index in [2.05, 4.69) is 9.47 Å². The number of carbonyl (C=O) groups is 2. The fraction of sp³-hybridized carbons (Fsp3) is 0.846. The lowest BCUT2D eigenvalue weighted by Crippen LogP contribution is -2.65. The molecule has 0 heterocycles. The van der Waals surface area contributed by atoms with E-state index < -0.39 is 38.1 Å². The van der Waals surface area contributed by atoms with Gasteiger partial charge in [0, 0.05) is 0 Å². The number of hydrogen-bond acceptors (Lipinski definition) is 5. The van der Waals surface area contributed by atoms with Crippen molar-refractivity contribution in [3.05, 3.63) is 0 Å². The SMILES string of the molecule is CCCOC(=O)C(O[Si](C)(C)C)(C(=O)OC(C)C)C(F)(F)F. The summed E-state index contributed by atoms with van der Waals surface area (Å²) in [5, 5.41) is 0. The van der Waals surface area contributed by atoms with Crippen LogP contribution in [0.4, 0.5) is 13.2 Å². The van der Waals surface area contributed by atoms with Gasteiger partial charge in [0.2, 0.25) is 0 Å². The molecule has 9 heteroatoms. The molecule has 0 radical (unpaired) electrons. The van der Waals surface area contributed by atoms with E-state index in [1.54, 1.807) is 6.92 Å². The topological polar surface area (TPSA) is 61.8 Å². The molecule has 0 amide bonds. The monoisotopic (exact) mass is 344 g/mol. The number of carbonyl (C=O) groups excluding carboxylic acids is 2. The fourth-order valence-corrected chi connectivity index (χ4v) is 2.71. The summed E-state index contributed by atoms with van der Waals surface area (Å²) in [6.07, 6.45) is -5.81. The van der Waals surface area contributed by atoms with Crippen molar-refractivity contribution in [3.8, 4) is 0 Å². The van der Waals surface area contributed by atoms with Crippen LogP contribution in [0.1, 0.15) is 27.2 Å². The van der Waals surface area contributed by atoms with E-state index in [0.717, 1.165) is 0 Å². The van der Waals surface area contributed by atoms with E-state index >= 15 is 0 Å². The molecule has 0 fully saturated rings. The van der Waals surface area contributed by atoms with Crippen LogP contribution < -0.4 is 0 Å². The third-order valence-corrected chi connectivity index (χ3v) is 3.13. The molecule has 0 aromatic rings. The number of hydrogen-bond donors (Lipinski definition) is 0. The zero-order valence-corrected chi connectivity index (χ0v) is 14.7. The van der Waals surface area contributed by atoms with Crippen LogP contribution in [-0.4, -0.2) is 44.7 Å². The largest absolute Gasteiger partial charge is 0.463 e. The normalized spacial score (nSPS) is 15.4. The highest BCUT2D eigenvalue weighted by Gasteiger charge is 2.71. The maximum Gasteiger partial charge on any atom is 0.438 e. The minimum absolute atomic E-state index is 0.249. The first-order valence-electron chi connectivity index (χ1n) is 6.93. The Labute approximate surface area is 129 Å². The van der Waals surface area contributed by atoms with Crippen LogP contribution in [0.15, 0.2) is 0 Å². The number of esters is 2. The molecule has 0 aliphatic heterocycles. The molecule has 0 rings (SSSR count). The molecule has 0 aliphatic carbocycles. The number of halogens is 3. The van der Waals surface area contributed by atoms with Crippen molar-refractivity contribution in [1.82, 2.24) is 0 Å². The average Bonchev–Trinajstić information content (AvgIpc) is 2.29. The second-order valence-corrected chi connectivity index (χ2v) is 10.4. The average molecular weight is 344 g/mol. The highest BCUT2D eigenvalue weighted by atomic mass is 28.4. The number of rotatable bonds is 7. The molecule has 1 unspecified atom stereocenters. The second kappa shape index (κ2) is 7.45. The summed E-state index contributed by atoms with van der Waals surface area (Å²) in [5.74, 6) is -3.58. The standard InChI is InChI=1S/C13H23F3O5Si/c1-7-8-19-10(17)12(13(14,15)16,21-22(4,5)6)11(18)20-9(2)3/h9H,7-8H2,1-6H3. The zero-order valence-electron chi connectivity index (χ0n) is 13.7. The van der Waals surface area contributed by atoms with E-state index in [-0.39, 0.29) is 6.61 Å². The van der Waals surface area contributed by atoms with Gasteiger partial charge in [-0.25, -0.2) is 9.59 Å². The van der Waals surface area contributed by atoms with Crippen LogP contribution in [0.2, 0.25) is 19.6 Å². The molecule has 0 spiro atoms. The molecular weight excluding hydrogens is 321 g/mol. The van der Waals surface area contributed by atoms with Crippen LogP contribution in [0, 0.1) is 0 Å². The van der Waals surface area contributed by atoms with Crippen molar-refractivity contribution >= 4 is 20.3 Å². The maximum absolute atomic E-state index is 13.6. The van der Waals surface area contributed by atoms with Gasteiger partial charge in [-0.1, -0.05) is 6.92 Å². The Morgan fingerprint density at radius 3 is 1.91 bits per heavy atom. The molecule has 22 heavy (non-hydrogen) atoms. The van der Waals surface area contributed by atoms with E-state index in [4.69, 9.17) is 4.43 Å². The number of alkyl halides is 3. The van der Waals surface area contributed by atoms with Crippen molar-refractivity contribution in [3.63, 3.8) is 0 Å². The Morgan fingerprint density at radius 2 is 1.59 bits per heavy atom. The summed E-state index contributed by atoms with van der Waals surface area (Å²) in [6, 6.07) is 0. The highest BCUT2D eigenvalue weighted by Crippen LogP contribution is 2.38. The van der Waals surface area contributed by atoms with E-state index in [0.29, 0.717) is 6.42 Å². The van der Waals surface area contributed by atoms with Gasteiger partial charge >= 0.3 is 23.7 Å². The van der Waals surface area contributed by atoms with Gasteiger partial charge in [-0.05, 0) is 39.9 Å². The van der Waals surface area contributed by atoms with E-state index in [1.165, 1.54) is 33.5 Å². The van der Waals surface area contributed by atoms with E-state index in [1.807, 2.05) is 0 Å². The van der Waals surface area contributed by atoms with Gasteiger partial charge in [0.05, 0.1) is 12.7 Å². The summed E-state index contributed by atoms with van der Waals surface area (Å²) in [6.45, 7) is 8.43. The fourth-order valence-electron chi connectivity index (χ4n) is 1.51. The van der Waals surface area contributed by atoms with Crippen LogP contribution in [0.5, 0.6) is 0 Å². The quantitative estimate of drug-likeness (QED) is 0.403. The molecule has 0 aromatic carbocycles. The van der Waals surface area contributed by atoms with Crippen LogP contribution in [-0.2, 0) is 23.5 Å². The Hall–Kier alpha value is -1.09. The molecule has 0 aromatic heterocycles. The lowest BCUT2D eigenvalue weighted by atomic mass is 10.0. The lowest BCUT2D eigenvalue weighted by molar-refractivity contribution is -0.259. The van der Waals surface area contributed by atoms with Gasteiger partial charge in [0.1, 0.15) is 0 Å². The summed E-state index contributed by atoms with van der Waals surface area (Å²) in [7, 11) is -2.94. The van der Waals surface area contributed by atoms with Gasteiger partial charge in [0.15, 0.2) is 8.32 Å². The van der Waals surface area contributed by atoms with Gasteiger partial charge in [-0.15, -0.1) is 0 Å². The molecule has 5 nitrogen and oxygen atoms in total.